The maximum atomic E-state index is 2.42. The van der Waals surface area contributed by atoms with Gasteiger partial charge in [0.15, 0.2) is 0 Å². The fraction of sp³-hybridized carbons (Fsp3) is 0. The van der Waals surface area contributed by atoms with E-state index in [1.165, 1.54) is 88.2 Å². The number of rotatable bonds is 10. The Bertz CT molecular complexity index is 4050. The van der Waals surface area contributed by atoms with E-state index < -0.39 is 0 Å². The average molecular weight is 917 g/mol. The molecule has 0 fully saturated rings. The molecule has 0 saturated heterocycles. The average Bonchev–Trinajstić information content (AvgIpc) is 3.81. The molecular formula is C70H48N2. The van der Waals surface area contributed by atoms with Crippen LogP contribution in [0.2, 0.25) is 0 Å². The normalized spacial score (nSPS) is 11.3. The molecule has 0 aliphatic heterocycles. The first-order valence-electron chi connectivity index (χ1n) is 24.8. The molecule has 13 rings (SSSR count). The van der Waals surface area contributed by atoms with Crippen molar-refractivity contribution in [2.45, 2.75) is 0 Å². The largest absolute Gasteiger partial charge is 0.310 e. The van der Waals surface area contributed by atoms with Gasteiger partial charge in [-0.2, -0.15) is 0 Å². The van der Waals surface area contributed by atoms with Crippen molar-refractivity contribution >= 4 is 49.6 Å². The molecule has 1 heterocycles. The zero-order valence-corrected chi connectivity index (χ0v) is 39.6. The molecule has 0 spiro atoms. The van der Waals surface area contributed by atoms with Crippen LogP contribution in [0, 0.1) is 0 Å². The molecule has 1 aromatic heterocycles. The minimum Gasteiger partial charge on any atom is -0.310 e. The Morgan fingerprint density at radius 2 is 0.653 bits per heavy atom. The summed E-state index contributed by atoms with van der Waals surface area (Å²) >= 11 is 0. The summed E-state index contributed by atoms with van der Waals surface area (Å²) in [4.78, 5) is 2.42. The van der Waals surface area contributed by atoms with E-state index in [1.807, 2.05) is 0 Å². The van der Waals surface area contributed by atoms with Gasteiger partial charge < -0.3 is 9.47 Å². The highest BCUT2D eigenvalue weighted by Gasteiger charge is 2.22. The second-order valence-electron chi connectivity index (χ2n) is 18.4. The zero-order chi connectivity index (χ0) is 47.8. The van der Waals surface area contributed by atoms with E-state index in [2.05, 4.69) is 301 Å². The Labute approximate surface area is 420 Å². The van der Waals surface area contributed by atoms with Crippen LogP contribution in [0.15, 0.2) is 291 Å². The molecule has 0 atom stereocenters. The lowest BCUT2D eigenvalue weighted by atomic mass is 9.88. The van der Waals surface area contributed by atoms with Crippen LogP contribution in [-0.2, 0) is 0 Å². The van der Waals surface area contributed by atoms with E-state index in [-0.39, 0.29) is 0 Å². The summed E-state index contributed by atoms with van der Waals surface area (Å²) in [5, 5.41) is 5.00. The lowest BCUT2D eigenvalue weighted by Gasteiger charge is -2.29. The fourth-order valence-corrected chi connectivity index (χ4v) is 10.9. The molecule has 0 amide bonds. The summed E-state index contributed by atoms with van der Waals surface area (Å²) in [6.45, 7) is 0. The van der Waals surface area contributed by atoms with Gasteiger partial charge in [0, 0.05) is 33.4 Å². The molecular weight excluding hydrogens is 869 g/mol. The predicted octanol–water partition coefficient (Wildman–Crippen LogP) is 19.4. The van der Waals surface area contributed by atoms with Gasteiger partial charge in [-0.25, -0.2) is 0 Å². The van der Waals surface area contributed by atoms with Crippen molar-refractivity contribution in [2.24, 2.45) is 0 Å². The SMILES string of the molecule is c1ccc(-c2ccccc2-c2ccccc2-c2ccccc2N(c2ccc(-c3ccc(-c4cccc5ccccc45)cc3)cc2)c2ccc(-c3cccc4c3c3ccccc3n4-c3ccccc3)cc2)cc1. The van der Waals surface area contributed by atoms with Gasteiger partial charge in [-0.3, -0.25) is 0 Å². The van der Waals surface area contributed by atoms with Crippen LogP contribution in [0.25, 0.3) is 105 Å². The van der Waals surface area contributed by atoms with E-state index in [4.69, 9.17) is 0 Å². The smallest absolute Gasteiger partial charge is 0.0547 e. The van der Waals surface area contributed by atoms with Crippen molar-refractivity contribution in [3.63, 3.8) is 0 Å². The first-order valence-corrected chi connectivity index (χ1v) is 24.8. The Morgan fingerprint density at radius 1 is 0.236 bits per heavy atom. The lowest BCUT2D eigenvalue weighted by molar-refractivity contribution is 1.18. The quantitative estimate of drug-likeness (QED) is 0.133. The molecule has 72 heavy (non-hydrogen) atoms. The number of nitrogens with zero attached hydrogens (tertiary/aromatic N) is 2. The molecule has 12 aromatic carbocycles. The second kappa shape index (κ2) is 18.4. The molecule has 0 bridgehead atoms. The predicted molar refractivity (Wildman–Crippen MR) is 306 cm³/mol. The second-order valence-corrected chi connectivity index (χ2v) is 18.4. The highest BCUT2D eigenvalue weighted by atomic mass is 15.1. The zero-order valence-electron chi connectivity index (χ0n) is 39.6. The Hall–Kier alpha value is -9.50. The van der Waals surface area contributed by atoms with Gasteiger partial charge in [0.2, 0.25) is 0 Å². The molecule has 2 heteroatoms. The van der Waals surface area contributed by atoms with Crippen LogP contribution in [0.1, 0.15) is 0 Å². The van der Waals surface area contributed by atoms with Gasteiger partial charge in [-0.05, 0) is 127 Å². The minimum absolute atomic E-state index is 1.07. The van der Waals surface area contributed by atoms with Crippen LogP contribution in [-0.4, -0.2) is 4.57 Å². The van der Waals surface area contributed by atoms with E-state index >= 15 is 0 Å². The van der Waals surface area contributed by atoms with E-state index in [1.54, 1.807) is 0 Å². The number of hydrogen-bond acceptors (Lipinski definition) is 1. The molecule has 0 radical (unpaired) electrons. The van der Waals surface area contributed by atoms with Crippen molar-refractivity contribution in [3.8, 4) is 72.4 Å². The van der Waals surface area contributed by atoms with Gasteiger partial charge in [0.05, 0.1) is 16.7 Å². The van der Waals surface area contributed by atoms with E-state index in [9.17, 15) is 0 Å². The van der Waals surface area contributed by atoms with Gasteiger partial charge in [0.1, 0.15) is 0 Å². The van der Waals surface area contributed by atoms with Gasteiger partial charge in [-0.1, -0.05) is 237 Å². The summed E-state index contributed by atoms with van der Waals surface area (Å²) in [5.74, 6) is 0. The molecule has 0 aliphatic rings. The third-order valence-electron chi connectivity index (χ3n) is 14.3. The van der Waals surface area contributed by atoms with Crippen LogP contribution >= 0.6 is 0 Å². The van der Waals surface area contributed by atoms with Crippen LogP contribution in [0.5, 0.6) is 0 Å². The molecule has 0 unspecified atom stereocenters. The number of fused-ring (bicyclic) bond motifs is 4. The van der Waals surface area contributed by atoms with E-state index in [0.717, 1.165) is 33.9 Å². The summed E-state index contributed by atoms with van der Waals surface area (Å²) in [7, 11) is 0. The van der Waals surface area contributed by atoms with Crippen molar-refractivity contribution in [1.82, 2.24) is 4.57 Å². The number of para-hydroxylation sites is 3. The molecule has 338 valence electrons. The number of hydrogen-bond donors (Lipinski definition) is 0. The number of aromatic nitrogens is 1. The highest BCUT2D eigenvalue weighted by molar-refractivity contribution is 6.16. The Balaban J connectivity index is 0.934. The lowest BCUT2D eigenvalue weighted by Crippen LogP contribution is -2.11. The van der Waals surface area contributed by atoms with Crippen LogP contribution in [0.3, 0.4) is 0 Å². The molecule has 0 saturated carbocycles. The van der Waals surface area contributed by atoms with Gasteiger partial charge in [-0.15, -0.1) is 0 Å². The van der Waals surface area contributed by atoms with E-state index in [0.29, 0.717) is 0 Å². The third-order valence-corrected chi connectivity index (χ3v) is 14.3. The topological polar surface area (TPSA) is 8.17 Å². The first kappa shape index (κ1) is 42.6. The van der Waals surface area contributed by atoms with Crippen LogP contribution in [0.4, 0.5) is 17.1 Å². The van der Waals surface area contributed by atoms with Crippen LogP contribution < -0.4 is 4.90 Å². The fourth-order valence-electron chi connectivity index (χ4n) is 10.9. The van der Waals surface area contributed by atoms with Gasteiger partial charge >= 0.3 is 0 Å². The summed E-state index contributed by atoms with van der Waals surface area (Å²) < 4.78 is 2.39. The molecule has 2 nitrogen and oxygen atoms in total. The van der Waals surface area contributed by atoms with Crippen molar-refractivity contribution in [2.75, 3.05) is 4.90 Å². The maximum absolute atomic E-state index is 2.42. The third kappa shape index (κ3) is 7.63. The first-order chi connectivity index (χ1) is 35.7. The molecule has 0 N–H and O–H groups in total. The maximum Gasteiger partial charge on any atom is 0.0547 e. The number of anilines is 3. The molecule has 13 aromatic rings. The Kier molecular flexibility index (Phi) is 10.9. The van der Waals surface area contributed by atoms with Crippen molar-refractivity contribution in [1.29, 1.82) is 0 Å². The van der Waals surface area contributed by atoms with Crippen molar-refractivity contribution < 1.29 is 0 Å². The Morgan fingerprint density at radius 3 is 1.36 bits per heavy atom. The standard InChI is InChI=1S/C70H48N2/c1-3-19-51(20-4-1)60-26-9-10-27-62(60)63-28-11-12-29-64(63)65-30-13-15-34-67(65)71(56-45-41-50(42-46-56)49-37-39-53(40-38-49)59-32-17-22-52-21-7-8-25-58(52)59)57-47-43-54(44-48-57)61-33-18-36-69-70(61)66-31-14-16-35-68(66)72(69)55-23-5-2-6-24-55/h1-48H. The summed E-state index contributed by atoms with van der Waals surface area (Å²) in [5.41, 5.74) is 21.0. The van der Waals surface area contributed by atoms with Crippen molar-refractivity contribution in [3.05, 3.63) is 291 Å². The highest BCUT2D eigenvalue weighted by Crippen LogP contribution is 2.46. The molecule has 0 aliphatic carbocycles. The summed E-state index contributed by atoms with van der Waals surface area (Å²) in [6, 6.07) is 106. The minimum atomic E-state index is 1.07. The monoisotopic (exact) mass is 916 g/mol. The number of benzene rings is 12. The summed E-state index contributed by atoms with van der Waals surface area (Å²) in [6.07, 6.45) is 0. The van der Waals surface area contributed by atoms with Gasteiger partial charge in [0.25, 0.3) is 0 Å².